The van der Waals surface area contributed by atoms with E-state index in [0.717, 1.165) is 37.3 Å². The van der Waals surface area contributed by atoms with Crippen LogP contribution in [0.25, 0.3) is 0 Å². The molecule has 0 amide bonds. The second-order valence-corrected chi connectivity index (χ2v) is 6.41. The van der Waals surface area contributed by atoms with Gasteiger partial charge in [-0.3, -0.25) is 9.36 Å². The van der Waals surface area contributed by atoms with E-state index in [1.807, 2.05) is 11.6 Å². The second-order valence-electron chi connectivity index (χ2n) is 5.47. The van der Waals surface area contributed by atoms with Gasteiger partial charge in [0, 0.05) is 20.1 Å². The highest BCUT2D eigenvalue weighted by Crippen LogP contribution is 2.38. The molecule has 1 N–H and O–H groups in total. The van der Waals surface area contributed by atoms with E-state index in [0.29, 0.717) is 5.16 Å². The van der Waals surface area contributed by atoms with Crippen LogP contribution in [0.4, 0.5) is 5.95 Å². The van der Waals surface area contributed by atoms with E-state index in [-0.39, 0.29) is 5.75 Å². The maximum Gasteiger partial charge on any atom is 0.313 e. The number of hydrogen-bond acceptors (Lipinski definition) is 5. The van der Waals surface area contributed by atoms with E-state index in [1.54, 1.807) is 0 Å². The molecule has 1 aliphatic rings. The third kappa shape index (κ3) is 3.65. The molecule has 1 aromatic heterocycles. The first-order valence-electron chi connectivity index (χ1n) is 7.01. The topological polar surface area (TPSA) is 71.2 Å². The van der Waals surface area contributed by atoms with E-state index in [4.69, 9.17) is 5.11 Å². The average molecular weight is 298 g/mol. The summed E-state index contributed by atoms with van der Waals surface area (Å²) in [5, 5.41) is 17.9. The Balaban J connectivity index is 2.08. The fourth-order valence-electron chi connectivity index (χ4n) is 2.30. The van der Waals surface area contributed by atoms with Gasteiger partial charge in [0.15, 0.2) is 5.16 Å². The summed E-state index contributed by atoms with van der Waals surface area (Å²) in [7, 11) is 2.03. The number of nitrogens with zero attached hydrogens (tertiary/aromatic N) is 4. The Labute approximate surface area is 123 Å². The lowest BCUT2D eigenvalue weighted by atomic mass is 10.3. The number of carboxylic acid groups (broad SMARTS) is 1. The Kier molecular flexibility index (Phi) is 4.91. The first-order valence-corrected chi connectivity index (χ1v) is 8.00. The molecular formula is C13H22N4O2S. The lowest BCUT2D eigenvalue weighted by Crippen LogP contribution is -2.24. The highest BCUT2D eigenvalue weighted by Gasteiger charge is 2.34. The van der Waals surface area contributed by atoms with E-state index < -0.39 is 5.97 Å². The van der Waals surface area contributed by atoms with E-state index in [1.165, 1.54) is 18.2 Å². The minimum atomic E-state index is -0.831. The molecule has 0 saturated heterocycles. The summed E-state index contributed by atoms with van der Waals surface area (Å²) in [6, 6.07) is 0. The Morgan fingerprint density at radius 3 is 2.80 bits per heavy atom. The van der Waals surface area contributed by atoms with Crippen molar-refractivity contribution in [2.75, 3.05) is 24.2 Å². The summed E-state index contributed by atoms with van der Waals surface area (Å²) in [6.07, 6.45) is 2.26. The van der Waals surface area contributed by atoms with Gasteiger partial charge in [-0.05, 0) is 24.7 Å². The van der Waals surface area contributed by atoms with Crippen LogP contribution in [0.3, 0.4) is 0 Å². The first-order chi connectivity index (χ1) is 9.52. The third-order valence-corrected chi connectivity index (χ3v) is 4.55. The van der Waals surface area contributed by atoms with Crippen LogP contribution in [0.2, 0.25) is 0 Å². The molecule has 0 aliphatic heterocycles. The van der Waals surface area contributed by atoms with Crippen LogP contribution in [0.15, 0.2) is 5.16 Å². The van der Waals surface area contributed by atoms with E-state index in [9.17, 15) is 4.79 Å². The minimum absolute atomic E-state index is 0.0191. The Hall–Kier alpha value is -1.24. The summed E-state index contributed by atoms with van der Waals surface area (Å²) in [5.74, 6) is 1.59. The molecular weight excluding hydrogens is 276 g/mol. The zero-order chi connectivity index (χ0) is 14.7. The van der Waals surface area contributed by atoms with Gasteiger partial charge in [-0.2, -0.15) is 0 Å². The minimum Gasteiger partial charge on any atom is -0.481 e. The number of rotatable bonds is 8. The number of aliphatic carboxylic acids is 1. The Morgan fingerprint density at radius 1 is 1.55 bits per heavy atom. The number of thioether (sulfide) groups is 1. The molecule has 2 unspecified atom stereocenters. The van der Waals surface area contributed by atoms with Crippen LogP contribution in [0, 0.1) is 11.8 Å². The molecule has 1 heterocycles. The number of carbonyl (C=O) groups is 1. The van der Waals surface area contributed by atoms with Crippen molar-refractivity contribution in [2.24, 2.45) is 11.8 Å². The molecule has 0 radical (unpaired) electrons. The summed E-state index contributed by atoms with van der Waals surface area (Å²) >= 11 is 1.23. The number of carboxylic acids is 1. The number of aromatic nitrogens is 3. The standard InChI is InChI=1S/C13H22N4O2S/c1-4-5-17-12(16(3)7-10-6-9(10)2)14-15-13(17)20-8-11(18)19/h9-10H,4-8H2,1-3H3,(H,18,19). The lowest BCUT2D eigenvalue weighted by Gasteiger charge is -2.19. The van der Waals surface area contributed by atoms with Crippen molar-refractivity contribution in [3.63, 3.8) is 0 Å². The zero-order valence-corrected chi connectivity index (χ0v) is 13.1. The van der Waals surface area contributed by atoms with Gasteiger partial charge in [0.25, 0.3) is 0 Å². The molecule has 2 rings (SSSR count). The molecule has 1 fully saturated rings. The zero-order valence-electron chi connectivity index (χ0n) is 12.2. The molecule has 0 aromatic carbocycles. The predicted octanol–water partition coefficient (Wildman–Crippen LogP) is 1.96. The van der Waals surface area contributed by atoms with Gasteiger partial charge in [-0.15, -0.1) is 10.2 Å². The second kappa shape index (κ2) is 6.47. The van der Waals surface area contributed by atoms with Crippen LogP contribution in [0.5, 0.6) is 0 Å². The molecule has 0 bridgehead atoms. The van der Waals surface area contributed by atoms with Crippen molar-refractivity contribution < 1.29 is 9.90 Å². The molecule has 20 heavy (non-hydrogen) atoms. The fourth-order valence-corrected chi connectivity index (χ4v) is 2.98. The van der Waals surface area contributed by atoms with Crippen molar-refractivity contribution >= 4 is 23.7 Å². The van der Waals surface area contributed by atoms with Crippen molar-refractivity contribution in [3.8, 4) is 0 Å². The fraction of sp³-hybridized carbons (Fsp3) is 0.769. The van der Waals surface area contributed by atoms with E-state index in [2.05, 4.69) is 28.9 Å². The van der Waals surface area contributed by atoms with E-state index >= 15 is 0 Å². The van der Waals surface area contributed by atoms with Crippen molar-refractivity contribution in [3.05, 3.63) is 0 Å². The van der Waals surface area contributed by atoms with Crippen LogP contribution < -0.4 is 4.90 Å². The average Bonchev–Trinajstić information content (AvgIpc) is 2.92. The van der Waals surface area contributed by atoms with Gasteiger partial charge in [-0.25, -0.2) is 0 Å². The molecule has 6 nitrogen and oxygen atoms in total. The summed E-state index contributed by atoms with van der Waals surface area (Å²) in [6.45, 7) is 6.17. The molecule has 2 atom stereocenters. The van der Waals surface area contributed by atoms with Gasteiger partial charge >= 0.3 is 5.97 Å². The number of hydrogen-bond donors (Lipinski definition) is 1. The van der Waals surface area contributed by atoms with Crippen LogP contribution >= 0.6 is 11.8 Å². The van der Waals surface area contributed by atoms with Crippen LogP contribution in [-0.4, -0.2) is 45.2 Å². The van der Waals surface area contributed by atoms with Crippen LogP contribution in [-0.2, 0) is 11.3 Å². The maximum absolute atomic E-state index is 10.7. The lowest BCUT2D eigenvalue weighted by molar-refractivity contribution is -0.133. The molecule has 112 valence electrons. The largest absolute Gasteiger partial charge is 0.481 e. The van der Waals surface area contributed by atoms with Gasteiger partial charge in [-0.1, -0.05) is 25.6 Å². The molecule has 7 heteroatoms. The van der Waals surface area contributed by atoms with Crippen LogP contribution in [0.1, 0.15) is 26.7 Å². The highest BCUT2D eigenvalue weighted by atomic mass is 32.2. The highest BCUT2D eigenvalue weighted by molar-refractivity contribution is 7.99. The predicted molar refractivity (Wildman–Crippen MR) is 79.2 cm³/mol. The first kappa shape index (κ1) is 15.2. The van der Waals surface area contributed by atoms with Gasteiger partial charge in [0.2, 0.25) is 5.95 Å². The smallest absolute Gasteiger partial charge is 0.313 e. The van der Waals surface area contributed by atoms with Crippen molar-refractivity contribution in [2.45, 2.75) is 38.4 Å². The Morgan fingerprint density at radius 2 is 2.25 bits per heavy atom. The maximum atomic E-state index is 10.7. The van der Waals surface area contributed by atoms with Gasteiger partial charge < -0.3 is 10.0 Å². The Bertz CT molecular complexity index is 477. The molecule has 1 aromatic rings. The monoisotopic (exact) mass is 298 g/mol. The van der Waals surface area contributed by atoms with Crippen molar-refractivity contribution in [1.29, 1.82) is 0 Å². The quantitative estimate of drug-likeness (QED) is 0.740. The normalized spacial score (nSPS) is 20.9. The van der Waals surface area contributed by atoms with Gasteiger partial charge in [0.05, 0.1) is 5.75 Å². The third-order valence-electron chi connectivity index (χ3n) is 3.60. The summed E-state index contributed by atoms with van der Waals surface area (Å²) < 4.78 is 2.03. The molecule has 1 saturated carbocycles. The van der Waals surface area contributed by atoms with Gasteiger partial charge in [0.1, 0.15) is 0 Å². The molecule has 1 aliphatic carbocycles. The molecule has 0 spiro atoms. The SMILES string of the molecule is CCCn1c(SCC(=O)O)nnc1N(C)CC1CC1C. The number of anilines is 1. The summed E-state index contributed by atoms with van der Waals surface area (Å²) in [5.41, 5.74) is 0. The van der Waals surface area contributed by atoms with Crippen molar-refractivity contribution in [1.82, 2.24) is 14.8 Å². The summed E-state index contributed by atoms with van der Waals surface area (Å²) in [4.78, 5) is 12.8.